The number of anilines is 1. The van der Waals surface area contributed by atoms with Crippen molar-refractivity contribution in [2.75, 3.05) is 4.90 Å². The van der Waals surface area contributed by atoms with E-state index in [1.165, 1.54) is 6.07 Å². The number of rotatable bonds is 3. The lowest BCUT2D eigenvalue weighted by Crippen LogP contribution is -2.29. The molecule has 0 saturated carbocycles. The highest BCUT2D eigenvalue weighted by molar-refractivity contribution is 6.51. The number of Topliss-reactive ketones (excluding diaryl/α,β-unsaturated/α-hetero) is 1. The fourth-order valence-electron chi connectivity index (χ4n) is 4.47. The van der Waals surface area contributed by atoms with E-state index in [-0.39, 0.29) is 17.0 Å². The van der Waals surface area contributed by atoms with E-state index in [1.807, 2.05) is 43.3 Å². The van der Waals surface area contributed by atoms with Gasteiger partial charge < -0.3 is 5.11 Å². The van der Waals surface area contributed by atoms with Crippen molar-refractivity contribution in [2.24, 2.45) is 0 Å². The minimum atomic E-state index is -1.14. The molecule has 1 aliphatic heterocycles. The molecule has 1 heterocycles. The fourth-order valence-corrected chi connectivity index (χ4v) is 4.47. The number of amides is 1. The highest BCUT2D eigenvalue weighted by Gasteiger charge is 2.47. The molecule has 6 heteroatoms. The van der Waals surface area contributed by atoms with Crippen LogP contribution in [0.2, 0.25) is 0 Å². The molecule has 1 N–H and O–H groups in total. The van der Waals surface area contributed by atoms with E-state index in [4.69, 9.17) is 0 Å². The molecule has 0 aromatic heterocycles. The minimum absolute atomic E-state index is 0.0180. The average molecular weight is 455 g/mol. The van der Waals surface area contributed by atoms with Gasteiger partial charge in [-0.1, -0.05) is 72.3 Å². The predicted octanol–water partition coefficient (Wildman–Crippen LogP) is 6.05. The standard InChI is InChI=1S/C28H19F2NO3/c1-16-6-4-9-18(14-16)25-24(26(32)21-11-5-8-17-7-2-3-10-20(17)21)27(33)28(34)31(25)19-12-13-22(29)23(30)15-19/h2-15,25,32H,1H3/b26-24-. The molecule has 1 amide bonds. The van der Waals surface area contributed by atoms with Crippen molar-refractivity contribution >= 4 is 33.9 Å². The second-order valence-corrected chi connectivity index (χ2v) is 8.21. The third-order valence-electron chi connectivity index (χ3n) is 6.03. The van der Waals surface area contributed by atoms with Crippen LogP contribution in [0.4, 0.5) is 14.5 Å². The zero-order valence-electron chi connectivity index (χ0n) is 18.1. The monoisotopic (exact) mass is 455 g/mol. The van der Waals surface area contributed by atoms with E-state index in [9.17, 15) is 23.5 Å². The Morgan fingerprint density at radius 1 is 0.853 bits per heavy atom. The summed E-state index contributed by atoms with van der Waals surface area (Å²) >= 11 is 0. The predicted molar refractivity (Wildman–Crippen MR) is 126 cm³/mol. The van der Waals surface area contributed by atoms with Crippen LogP contribution in [0, 0.1) is 18.6 Å². The smallest absolute Gasteiger partial charge is 0.300 e. The van der Waals surface area contributed by atoms with Crippen LogP contribution in [0.5, 0.6) is 0 Å². The fraction of sp³-hybridized carbons (Fsp3) is 0.0714. The Morgan fingerprint density at radius 2 is 1.59 bits per heavy atom. The largest absolute Gasteiger partial charge is 0.507 e. The van der Waals surface area contributed by atoms with E-state index in [2.05, 4.69) is 0 Å². The summed E-state index contributed by atoms with van der Waals surface area (Å²) in [6.07, 6.45) is 0. The third-order valence-corrected chi connectivity index (χ3v) is 6.03. The average Bonchev–Trinajstić information content (AvgIpc) is 3.10. The quantitative estimate of drug-likeness (QED) is 0.232. The van der Waals surface area contributed by atoms with Gasteiger partial charge in [0.25, 0.3) is 11.7 Å². The van der Waals surface area contributed by atoms with Crippen molar-refractivity contribution < 1.29 is 23.5 Å². The summed E-state index contributed by atoms with van der Waals surface area (Å²) in [5, 5.41) is 13.0. The maximum absolute atomic E-state index is 14.1. The number of aliphatic hydroxyl groups excluding tert-OH is 1. The first-order valence-corrected chi connectivity index (χ1v) is 10.7. The molecule has 4 nitrogen and oxygen atoms in total. The Hall–Kier alpha value is -4.32. The molecule has 0 radical (unpaired) electrons. The van der Waals surface area contributed by atoms with Crippen molar-refractivity contribution in [1.82, 2.24) is 0 Å². The maximum atomic E-state index is 14.1. The van der Waals surface area contributed by atoms with E-state index < -0.39 is 29.4 Å². The van der Waals surface area contributed by atoms with Gasteiger partial charge in [0, 0.05) is 17.3 Å². The van der Waals surface area contributed by atoms with Gasteiger partial charge in [-0.05, 0) is 35.4 Å². The van der Waals surface area contributed by atoms with E-state index in [1.54, 1.807) is 30.3 Å². The van der Waals surface area contributed by atoms with E-state index in [0.29, 0.717) is 16.5 Å². The molecule has 34 heavy (non-hydrogen) atoms. The van der Waals surface area contributed by atoms with Crippen molar-refractivity contribution in [3.05, 3.63) is 119 Å². The van der Waals surface area contributed by atoms with Crippen LogP contribution in [-0.2, 0) is 9.59 Å². The van der Waals surface area contributed by atoms with Gasteiger partial charge in [0.2, 0.25) is 0 Å². The number of hydrogen-bond donors (Lipinski definition) is 1. The Kier molecular flexibility index (Phi) is 5.21. The van der Waals surface area contributed by atoms with Gasteiger partial charge in [-0.2, -0.15) is 0 Å². The van der Waals surface area contributed by atoms with Gasteiger partial charge in [0.1, 0.15) is 5.76 Å². The van der Waals surface area contributed by atoms with Crippen LogP contribution >= 0.6 is 0 Å². The summed E-state index contributed by atoms with van der Waals surface area (Å²) < 4.78 is 27.7. The summed E-state index contributed by atoms with van der Waals surface area (Å²) in [5.74, 6) is -4.37. The minimum Gasteiger partial charge on any atom is -0.507 e. The van der Waals surface area contributed by atoms with Crippen LogP contribution in [-0.4, -0.2) is 16.8 Å². The summed E-state index contributed by atoms with van der Waals surface area (Å²) in [7, 11) is 0. The number of aliphatic hydroxyl groups is 1. The molecule has 4 aromatic carbocycles. The van der Waals surface area contributed by atoms with Crippen molar-refractivity contribution in [3.63, 3.8) is 0 Å². The SMILES string of the molecule is Cc1cccc(C2/C(=C(/O)c3cccc4ccccc34)C(=O)C(=O)N2c2ccc(F)c(F)c2)c1. The van der Waals surface area contributed by atoms with E-state index >= 15 is 0 Å². The van der Waals surface area contributed by atoms with Gasteiger partial charge in [0.15, 0.2) is 11.6 Å². The van der Waals surface area contributed by atoms with Gasteiger partial charge in [-0.25, -0.2) is 8.78 Å². The lowest BCUT2D eigenvalue weighted by Gasteiger charge is -2.26. The Bertz CT molecular complexity index is 1500. The molecule has 1 aliphatic rings. The second kappa shape index (κ2) is 8.23. The van der Waals surface area contributed by atoms with Crippen molar-refractivity contribution in [1.29, 1.82) is 0 Å². The molecule has 4 aromatic rings. The molecular weight excluding hydrogens is 436 g/mol. The first-order chi connectivity index (χ1) is 16.4. The highest BCUT2D eigenvalue weighted by Crippen LogP contribution is 2.43. The topological polar surface area (TPSA) is 57.6 Å². The maximum Gasteiger partial charge on any atom is 0.300 e. The van der Waals surface area contributed by atoms with Gasteiger partial charge in [0.05, 0.1) is 11.6 Å². The first kappa shape index (κ1) is 21.5. The molecule has 1 atom stereocenters. The van der Waals surface area contributed by atoms with Crippen LogP contribution in [0.15, 0.2) is 90.5 Å². The molecule has 5 rings (SSSR count). The third kappa shape index (κ3) is 3.44. The number of carbonyl (C=O) groups excluding carboxylic acids is 2. The lowest BCUT2D eigenvalue weighted by molar-refractivity contribution is -0.132. The summed E-state index contributed by atoms with van der Waals surface area (Å²) in [6, 6.07) is 21.8. The van der Waals surface area contributed by atoms with Gasteiger partial charge >= 0.3 is 0 Å². The highest BCUT2D eigenvalue weighted by atomic mass is 19.2. The molecule has 1 saturated heterocycles. The zero-order chi connectivity index (χ0) is 24.0. The number of halogens is 2. The van der Waals surface area contributed by atoms with Crippen LogP contribution in [0.25, 0.3) is 16.5 Å². The van der Waals surface area contributed by atoms with Gasteiger partial charge in [-0.15, -0.1) is 0 Å². The van der Waals surface area contributed by atoms with Gasteiger partial charge in [-0.3, -0.25) is 14.5 Å². The second-order valence-electron chi connectivity index (χ2n) is 8.21. The Balaban J connectivity index is 1.79. The normalized spacial score (nSPS) is 17.5. The number of hydrogen-bond acceptors (Lipinski definition) is 3. The first-order valence-electron chi connectivity index (χ1n) is 10.7. The molecule has 0 aliphatic carbocycles. The van der Waals surface area contributed by atoms with Crippen LogP contribution < -0.4 is 4.90 Å². The number of carbonyl (C=O) groups is 2. The van der Waals surface area contributed by atoms with Crippen molar-refractivity contribution in [3.8, 4) is 0 Å². The van der Waals surface area contributed by atoms with Crippen LogP contribution in [0.1, 0.15) is 22.7 Å². The number of fused-ring (bicyclic) bond motifs is 1. The summed E-state index contributed by atoms with van der Waals surface area (Å²) in [5.41, 5.74) is 1.74. The van der Waals surface area contributed by atoms with Crippen LogP contribution in [0.3, 0.4) is 0 Å². The molecule has 168 valence electrons. The molecule has 0 bridgehead atoms. The molecular formula is C28H19F2NO3. The van der Waals surface area contributed by atoms with Crippen molar-refractivity contribution in [2.45, 2.75) is 13.0 Å². The summed E-state index contributed by atoms with van der Waals surface area (Å²) in [4.78, 5) is 27.6. The summed E-state index contributed by atoms with van der Waals surface area (Å²) in [6.45, 7) is 1.86. The number of aryl methyl sites for hydroxylation is 1. The molecule has 1 fully saturated rings. The zero-order valence-corrected chi connectivity index (χ0v) is 18.1. The number of nitrogens with zero attached hydrogens (tertiary/aromatic N) is 1. The Labute approximate surface area is 194 Å². The number of ketones is 1. The number of benzene rings is 4. The molecule has 1 unspecified atom stereocenters. The lowest BCUT2D eigenvalue weighted by atomic mass is 9.92. The van der Waals surface area contributed by atoms with E-state index in [0.717, 1.165) is 28.0 Å². The Morgan fingerprint density at radius 3 is 2.35 bits per heavy atom. The molecule has 0 spiro atoms.